The van der Waals surface area contributed by atoms with Crippen LogP contribution in [0, 0.1) is 0 Å². The van der Waals surface area contributed by atoms with Crippen molar-refractivity contribution in [3.63, 3.8) is 0 Å². The van der Waals surface area contributed by atoms with E-state index in [-0.39, 0.29) is 6.10 Å². The van der Waals surface area contributed by atoms with E-state index in [0.29, 0.717) is 12.0 Å². The van der Waals surface area contributed by atoms with Crippen LogP contribution in [-0.2, 0) is 0 Å². The first-order valence-corrected chi connectivity index (χ1v) is 8.19. The minimum atomic E-state index is 0.246. The van der Waals surface area contributed by atoms with E-state index in [4.69, 9.17) is 4.74 Å². The quantitative estimate of drug-likeness (QED) is 0.825. The van der Waals surface area contributed by atoms with Gasteiger partial charge in [-0.1, -0.05) is 25.5 Å². The fraction of sp³-hybridized carbons (Fsp3) is 0.667. The Bertz CT molecular complexity index is 402. The van der Waals surface area contributed by atoms with Crippen molar-refractivity contribution in [2.24, 2.45) is 0 Å². The Labute approximate surface area is 123 Å². The molecule has 2 unspecified atom stereocenters. The summed E-state index contributed by atoms with van der Waals surface area (Å²) in [6, 6.07) is 9.41. The average molecular weight is 275 g/mol. The fourth-order valence-corrected chi connectivity index (χ4v) is 3.14. The van der Waals surface area contributed by atoms with Crippen LogP contribution in [0.15, 0.2) is 24.3 Å². The van der Waals surface area contributed by atoms with E-state index in [1.807, 2.05) is 0 Å². The van der Waals surface area contributed by atoms with Crippen molar-refractivity contribution >= 4 is 0 Å². The molecule has 0 saturated heterocycles. The predicted molar refractivity (Wildman–Crippen MR) is 85.5 cm³/mol. The number of ether oxygens (including phenoxy) is 1. The second-order valence-corrected chi connectivity index (χ2v) is 6.25. The molecule has 0 amide bonds. The lowest BCUT2D eigenvalue weighted by molar-refractivity contribution is 0.241. The predicted octanol–water partition coefficient (Wildman–Crippen LogP) is 4.50. The number of rotatable bonds is 6. The molecule has 1 aromatic carbocycles. The van der Waals surface area contributed by atoms with Crippen LogP contribution in [0.2, 0.25) is 0 Å². The third kappa shape index (κ3) is 4.52. The van der Waals surface area contributed by atoms with Gasteiger partial charge in [0.15, 0.2) is 0 Å². The SMILES string of the molecule is CCCNC1CCCC(c2cccc(OC(C)C)c2)C1. The van der Waals surface area contributed by atoms with Crippen LogP contribution in [0.3, 0.4) is 0 Å². The number of nitrogens with one attached hydrogen (secondary N) is 1. The van der Waals surface area contributed by atoms with E-state index in [1.165, 1.54) is 37.7 Å². The molecule has 0 aliphatic heterocycles. The first-order chi connectivity index (χ1) is 9.69. The van der Waals surface area contributed by atoms with Gasteiger partial charge in [-0.2, -0.15) is 0 Å². The molecule has 2 nitrogen and oxygen atoms in total. The van der Waals surface area contributed by atoms with E-state index in [1.54, 1.807) is 0 Å². The lowest BCUT2D eigenvalue weighted by atomic mass is 9.81. The zero-order chi connectivity index (χ0) is 14.4. The van der Waals surface area contributed by atoms with Gasteiger partial charge in [0.05, 0.1) is 6.10 Å². The van der Waals surface area contributed by atoms with Gasteiger partial charge >= 0.3 is 0 Å². The second-order valence-electron chi connectivity index (χ2n) is 6.25. The first-order valence-electron chi connectivity index (χ1n) is 8.19. The number of benzene rings is 1. The lowest BCUT2D eigenvalue weighted by Crippen LogP contribution is -2.34. The summed E-state index contributed by atoms with van der Waals surface area (Å²) < 4.78 is 5.82. The summed E-state index contributed by atoms with van der Waals surface area (Å²) in [5.41, 5.74) is 1.45. The molecule has 2 heteroatoms. The van der Waals surface area contributed by atoms with E-state index in [0.717, 1.165) is 12.3 Å². The van der Waals surface area contributed by atoms with E-state index < -0.39 is 0 Å². The van der Waals surface area contributed by atoms with Crippen LogP contribution in [0.5, 0.6) is 5.75 Å². The summed E-state index contributed by atoms with van der Waals surface area (Å²) in [7, 11) is 0. The topological polar surface area (TPSA) is 21.3 Å². The maximum atomic E-state index is 5.82. The van der Waals surface area contributed by atoms with Gasteiger partial charge < -0.3 is 10.1 Å². The van der Waals surface area contributed by atoms with Crippen molar-refractivity contribution in [3.8, 4) is 5.75 Å². The summed E-state index contributed by atoms with van der Waals surface area (Å²) in [5.74, 6) is 1.70. The highest BCUT2D eigenvalue weighted by Gasteiger charge is 2.22. The Morgan fingerprint density at radius 3 is 2.90 bits per heavy atom. The van der Waals surface area contributed by atoms with Crippen LogP contribution >= 0.6 is 0 Å². The highest BCUT2D eigenvalue weighted by Crippen LogP contribution is 2.34. The van der Waals surface area contributed by atoms with Crippen LogP contribution in [0.4, 0.5) is 0 Å². The normalized spacial score (nSPS) is 23.0. The Hall–Kier alpha value is -1.02. The fourth-order valence-electron chi connectivity index (χ4n) is 3.14. The number of hydrogen-bond donors (Lipinski definition) is 1. The minimum Gasteiger partial charge on any atom is -0.491 e. The van der Waals surface area contributed by atoms with Gasteiger partial charge in [-0.15, -0.1) is 0 Å². The second kappa shape index (κ2) is 7.68. The van der Waals surface area contributed by atoms with Crippen LogP contribution < -0.4 is 10.1 Å². The molecular formula is C18H29NO. The molecule has 1 aliphatic carbocycles. The zero-order valence-corrected chi connectivity index (χ0v) is 13.2. The van der Waals surface area contributed by atoms with Crippen molar-refractivity contribution in [1.82, 2.24) is 5.32 Å². The maximum absolute atomic E-state index is 5.82. The lowest BCUT2D eigenvalue weighted by Gasteiger charge is -2.30. The van der Waals surface area contributed by atoms with E-state index in [9.17, 15) is 0 Å². The maximum Gasteiger partial charge on any atom is 0.119 e. The molecule has 0 heterocycles. The largest absolute Gasteiger partial charge is 0.491 e. The van der Waals surface area contributed by atoms with Gasteiger partial charge in [-0.3, -0.25) is 0 Å². The molecule has 2 atom stereocenters. The average Bonchev–Trinajstić information content (AvgIpc) is 2.45. The summed E-state index contributed by atoms with van der Waals surface area (Å²) >= 11 is 0. The van der Waals surface area contributed by atoms with Gasteiger partial charge in [-0.25, -0.2) is 0 Å². The van der Waals surface area contributed by atoms with Crippen molar-refractivity contribution in [2.45, 2.75) is 70.9 Å². The highest BCUT2D eigenvalue weighted by atomic mass is 16.5. The molecule has 0 bridgehead atoms. The molecular weight excluding hydrogens is 246 g/mol. The summed E-state index contributed by atoms with van der Waals surface area (Å²) in [6.07, 6.45) is 6.72. The Morgan fingerprint density at radius 2 is 2.15 bits per heavy atom. The first kappa shape index (κ1) is 15.4. The molecule has 112 valence electrons. The van der Waals surface area contributed by atoms with Crippen LogP contribution in [0.1, 0.15) is 64.4 Å². The van der Waals surface area contributed by atoms with Gasteiger partial charge in [0.1, 0.15) is 5.75 Å². The molecule has 1 aliphatic rings. The summed E-state index contributed by atoms with van der Waals surface area (Å²) in [4.78, 5) is 0. The molecule has 1 fully saturated rings. The summed E-state index contributed by atoms with van der Waals surface area (Å²) in [6.45, 7) is 7.55. The van der Waals surface area contributed by atoms with Gasteiger partial charge in [0.25, 0.3) is 0 Å². The van der Waals surface area contributed by atoms with Crippen LogP contribution in [-0.4, -0.2) is 18.7 Å². The summed E-state index contributed by atoms with van der Waals surface area (Å²) in [5, 5.41) is 3.69. The molecule has 1 saturated carbocycles. The zero-order valence-electron chi connectivity index (χ0n) is 13.2. The van der Waals surface area contributed by atoms with Gasteiger partial charge in [0, 0.05) is 6.04 Å². The molecule has 0 radical (unpaired) electrons. The van der Waals surface area contributed by atoms with Crippen molar-refractivity contribution in [2.75, 3.05) is 6.54 Å². The molecule has 0 spiro atoms. The van der Waals surface area contributed by atoms with Gasteiger partial charge in [0.2, 0.25) is 0 Å². The van der Waals surface area contributed by atoms with E-state index in [2.05, 4.69) is 50.4 Å². The molecule has 2 rings (SSSR count). The molecule has 0 aromatic heterocycles. The van der Waals surface area contributed by atoms with Crippen LogP contribution in [0.25, 0.3) is 0 Å². The van der Waals surface area contributed by atoms with Gasteiger partial charge in [-0.05, 0) is 69.7 Å². The molecule has 1 aromatic rings. The Balaban J connectivity index is 1.99. The molecule has 1 N–H and O–H groups in total. The van der Waals surface area contributed by atoms with Crippen molar-refractivity contribution in [3.05, 3.63) is 29.8 Å². The number of hydrogen-bond acceptors (Lipinski definition) is 2. The van der Waals surface area contributed by atoms with Crippen molar-refractivity contribution < 1.29 is 4.74 Å². The third-order valence-corrected chi connectivity index (χ3v) is 4.06. The highest BCUT2D eigenvalue weighted by molar-refractivity contribution is 5.31. The third-order valence-electron chi connectivity index (χ3n) is 4.06. The van der Waals surface area contributed by atoms with E-state index >= 15 is 0 Å². The Morgan fingerprint density at radius 1 is 1.30 bits per heavy atom. The monoisotopic (exact) mass is 275 g/mol. The van der Waals surface area contributed by atoms with Crippen molar-refractivity contribution in [1.29, 1.82) is 0 Å². The standard InChI is InChI=1S/C18H29NO/c1-4-11-19-17-9-5-7-15(12-17)16-8-6-10-18(13-16)20-14(2)3/h6,8,10,13-15,17,19H,4-5,7,9,11-12H2,1-3H3. The smallest absolute Gasteiger partial charge is 0.119 e. The molecule has 20 heavy (non-hydrogen) atoms. The Kier molecular flexibility index (Phi) is 5.90. The minimum absolute atomic E-state index is 0.246.